The highest BCUT2D eigenvalue weighted by atomic mass is 35.5. The molecule has 0 atom stereocenters. The smallest absolute Gasteiger partial charge is 0.352 e. The molecule has 1 saturated heterocycles. The number of hydrogen-bond acceptors (Lipinski definition) is 4. The van der Waals surface area contributed by atoms with E-state index in [0.717, 1.165) is 29.3 Å². The van der Waals surface area contributed by atoms with Crippen LogP contribution in [0.3, 0.4) is 0 Å². The van der Waals surface area contributed by atoms with Crippen LogP contribution in [0.25, 0.3) is 22.4 Å². The van der Waals surface area contributed by atoms with E-state index >= 15 is 0 Å². The molecule has 41 heavy (non-hydrogen) atoms. The van der Waals surface area contributed by atoms with Crippen LogP contribution in [-0.4, -0.2) is 34.8 Å². The first-order valence-corrected chi connectivity index (χ1v) is 13.6. The number of aromatic amines is 1. The maximum Gasteiger partial charge on any atom is 0.416 e. The summed E-state index contributed by atoms with van der Waals surface area (Å²) >= 11 is 6.34. The number of nitriles is 1. The molecule has 7 nitrogen and oxygen atoms in total. The van der Waals surface area contributed by atoms with Gasteiger partial charge in [0, 0.05) is 54.2 Å². The van der Waals surface area contributed by atoms with Gasteiger partial charge in [-0.25, -0.2) is 0 Å². The van der Waals surface area contributed by atoms with Gasteiger partial charge in [0.1, 0.15) is 11.6 Å². The Balaban J connectivity index is 1.48. The molecule has 1 aromatic heterocycles. The molecule has 11 heteroatoms. The van der Waals surface area contributed by atoms with Gasteiger partial charge in [-0.15, -0.1) is 0 Å². The van der Waals surface area contributed by atoms with Crippen LogP contribution in [0, 0.1) is 17.2 Å². The molecular weight excluding hydrogens is 557 g/mol. The molecule has 0 radical (unpaired) electrons. The van der Waals surface area contributed by atoms with Crippen LogP contribution >= 0.6 is 11.6 Å². The van der Waals surface area contributed by atoms with Crippen molar-refractivity contribution in [2.24, 2.45) is 5.92 Å². The highest BCUT2D eigenvalue weighted by Gasteiger charge is 2.33. The normalized spacial score (nSPS) is 15.1. The zero-order chi connectivity index (χ0) is 29.5. The number of nitrogens with zero attached hydrogens (tertiary/aromatic N) is 2. The second kappa shape index (κ2) is 11.1. The van der Waals surface area contributed by atoms with Crippen molar-refractivity contribution in [1.82, 2.24) is 15.2 Å². The number of rotatable bonds is 4. The third-order valence-corrected chi connectivity index (χ3v) is 8.19. The number of hydrogen-bond donors (Lipinski definition) is 2. The molecule has 1 aliphatic heterocycles. The second-order valence-electron chi connectivity index (χ2n) is 10.4. The van der Waals surface area contributed by atoms with E-state index in [2.05, 4.69) is 10.3 Å². The summed E-state index contributed by atoms with van der Waals surface area (Å²) in [5.74, 6) is -0.291. The van der Waals surface area contributed by atoms with Crippen LogP contribution < -0.4 is 10.9 Å². The molecule has 2 heterocycles. The first kappa shape index (κ1) is 28.4. The van der Waals surface area contributed by atoms with Gasteiger partial charge in [-0.3, -0.25) is 14.4 Å². The Kier molecular flexibility index (Phi) is 7.66. The predicted octanol–water partition coefficient (Wildman–Crippen LogP) is 5.23. The largest absolute Gasteiger partial charge is 0.416 e. The van der Waals surface area contributed by atoms with Crippen LogP contribution in [0.2, 0.25) is 5.02 Å². The Hall–Kier alpha value is -4.10. The lowest BCUT2D eigenvalue weighted by molar-refractivity contribution is -0.137. The van der Waals surface area contributed by atoms with Gasteiger partial charge in [-0.1, -0.05) is 23.7 Å². The lowest BCUT2D eigenvalue weighted by atomic mass is 9.82. The molecular formula is C30H26ClF3N4O3. The van der Waals surface area contributed by atoms with Crippen molar-refractivity contribution < 1.29 is 22.8 Å². The summed E-state index contributed by atoms with van der Waals surface area (Å²) in [7, 11) is 0. The summed E-state index contributed by atoms with van der Waals surface area (Å²) in [6, 6.07) is 10.3. The first-order chi connectivity index (χ1) is 19.5. The molecule has 0 saturated carbocycles. The molecule has 2 amide bonds. The van der Waals surface area contributed by atoms with Crippen molar-refractivity contribution in [3.63, 3.8) is 0 Å². The van der Waals surface area contributed by atoms with Gasteiger partial charge >= 0.3 is 6.18 Å². The number of H-pyrrole nitrogens is 1. The van der Waals surface area contributed by atoms with Gasteiger partial charge in [0.15, 0.2) is 0 Å². The fourth-order valence-electron chi connectivity index (χ4n) is 5.65. The maximum absolute atomic E-state index is 13.5. The number of amides is 2. The quantitative estimate of drug-likeness (QED) is 0.439. The minimum absolute atomic E-state index is 0.00121. The lowest BCUT2D eigenvalue weighted by Crippen LogP contribution is -2.42. The molecule has 3 aromatic rings. The van der Waals surface area contributed by atoms with Crippen molar-refractivity contribution in [3.8, 4) is 28.5 Å². The monoisotopic (exact) mass is 582 g/mol. The molecule has 2 aromatic carbocycles. The standard InChI is InChI=1S/C30H26ClF3N4O3/c1-16(39)38-10-8-19(9-11-38)28(40)36-15-17-2-3-18-4-6-21-26(23-13-20(30(32,33)34)5-7-25(23)31)24(14-35)29(41)37-27(21)22(18)12-17/h2-3,5,7,12-13,19H,4,6,8-11,15H2,1H3,(H,36,40)(H,37,41). The van der Waals surface area contributed by atoms with Crippen molar-refractivity contribution in [2.45, 2.75) is 45.3 Å². The number of halogens is 4. The van der Waals surface area contributed by atoms with Gasteiger partial charge < -0.3 is 15.2 Å². The zero-order valence-electron chi connectivity index (χ0n) is 22.1. The van der Waals surface area contributed by atoms with E-state index in [4.69, 9.17) is 11.6 Å². The van der Waals surface area contributed by atoms with Crippen LogP contribution in [0.1, 0.15) is 47.6 Å². The number of alkyl halides is 3. The van der Waals surface area contributed by atoms with E-state index in [1.165, 1.54) is 6.92 Å². The molecule has 0 unspecified atom stereocenters. The van der Waals surface area contributed by atoms with Crippen LogP contribution in [-0.2, 0) is 35.2 Å². The average molecular weight is 583 g/mol. The van der Waals surface area contributed by atoms with Crippen LogP contribution in [0.5, 0.6) is 0 Å². The topological polar surface area (TPSA) is 106 Å². The molecule has 2 aliphatic rings. The molecule has 212 valence electrons. The van der Waals surface area contributed by atoms with Gasteiger partial charge in [0.2, 0.25) is 11.8 Å². The van der Waals surface area contributed by atoms with Crippen LogP contribution in [0.15, 0.2) is 41.2 Å². The number of pyridine rings is 1. The molecule has 1 aliphatic carbocycles. The first-order valence-electron chi connectivity index (χ1n) is 13.2. The number of likely N-dealkylation sites (tertiary alicyclic amines) is 1. The van der Waals surface area contributed by atoms with E-state index in [0.29, 0.717) is 55.6 Å². The number of aryl methyl sites for hydroxylation is 1. The third-order valence-electron chi connectivity index (χ3n) is 7.86. The predicted molar refractivity (Wildman–Crippen MR) is 147 cm³/mol. The fourth-order valence-corrected chi connectivity index (χ4v) is 5.86. The zero-order valence-corrected chi connectivity index (χ0v) is 22.9. The number of piperidine rings is 1. The Morgan fingerprint density at radius 2 is 1.85 bits per heavy atom. The van der Waals surface area contributed by atoms with Crippen molar-refractivity contribution in [2.75, 3.05) is 13.1 Å². The Morgan fingerprint density at radius 1 is 1.12 bits per heavy atom. The van der Waals surface area contributed by atoms with Gasteiger partial charge in [-0.2, -0.15) is 18.4 Å². The SMILES string of the molecule is CC(=O)N1CCC(C(=O)NCc2ccc3c(c2)-c2[nH]c(=O)c(C#N)c(-c4cc(C(F)(F)F)ccc4Cl)c2CC3)CC1. The van der Waals surface area contributed by atoms with Gasteiger partial charge in [-0.05, 0) is 66.6 Å². The summed E-state index contributed by atoms with van der Waals surface area (Å²) in [5.41, 5.74) is 1.45. The number of benzene rings is 2. The summed E-state index contributed by atoms with van der Waals surface area (Å²) in [5, 5.41) is 12.8. The van der Waals surface area contributed by atoms with E-state index in [1.54, 1.807) is 4.90 Å². The second-order valence-corrected chi connectivity index (χ2v) is 10.8. The summed E-state index contributed by atoms with van der Waals surface area (Å²) in [6.07, 6.45) is -2.54. The highest BCUT2D eigenvalue weighted by Crippen LogP contribution is 2.42. The van der Waals surface area contributed by atoms with Crippen molar-refractivity contribution >= 4 is 23.4 Å². The Bertz CT molecular complexity index is 1650. The van der Waals surface area contributed by atoms with E-state index < -0.39 is 17.3 Å². The van der Waals surface area contributed by atoms with Crippen molar-refractivity contribution in [3.05, 3.63) is 79.6 Å². The lowest BCUT2D eigenvalue weighted by Gasteiger charge is -2.30. The average Bonchev–Trinajstić information content (AvgIpc) is 2.94. The molecule has 0 bridgehead atoms. The molecule has 1 fully saturated rings. The third kappa shape index (κ3) is 5.59. The van der Waals surface area contributed by atoms with Crippen molar-refractivity contribution in [1.29, 1.82) is 5.26 Å². The maximum atomic E-state index is 13.5. The van der Waals surface area contributed by atoms with Crippen LogP contribution in [0.4, 0.5) is 13.2 Å². The van der Waals surface area contributed by atoms with E-state index in [1.807, 2.05) is 24.3 Å². The molecule has 5 rings (SSSR count). The summed E-state index contributed by atoms with van der Waals surface area (Å²) in [6.45, 7) is 2.83. The number of fused-ring (bicyclic) bond motifs is 3. The number of nitrogens with one attached hydrogen (secondary N) is 2. The molecule has 2 N–H and O–H groups in total. The Labute approximate surface area is 238 Å². The minimum Gasteiger partial charge on any atom is -0.352 e. The minimum atomic E-state index is -4.64. The fraction of sp³-hybridized carbons (Fsp3) is 0.333. The summed E-state index contributed by atoms with van der Waals surface area (Å²) < 4.78 is 40.6. The van der Waals surface area contributed by atoms with E-state index in [9.17, 15) is 32.8 Å². The van der Waals surface area contributed by atoms with Gasteiger partial charge in [0.25, 0.3) is 5.56 Å². The van der Waals surface area contributed by atoms with Gasteiger partial charge in [0.05, 0.1) is 11.3 Å². The Morgan fingerprint density at radius 3 is 2.51 bits per heavy atom. The highest BCUT2D eigenvalue weighted by molar-refractivity contribution is 6.33. The number of aromatic nitrogens is 1. The number of carbonyl (C=O) groups is 2. The summed E-state index contributed by atoms with van der Waals surface area (Å²) in [4.78, 5) is 41.9. The number of carbonyl (C=O) groups excluding carboxylic acids is 2. The van der Waals surface area contributed by atoms with E-state index in [-0.39, 0.29) is 46.0 Å². The molecule has 0 spiro atoms.